The average Bonchev–Trinajstić information content (AvgIpc) is 3.10. The second-order valence-electron chi connectivity index (χ2n) is 15.1. The molecule has 0 fully saturated rings. The van der Waals surface area contributed by atoms with E-state index in [0.717, 1.165) is 123 Å². The van der Waals surface area contributed by atoms with Crippen LogP contribution < -0.4 is 29.6 Å². The van der Waals surface area contributed by atoms with E-state index in [2.05, 4.69) is 26.0 Å². The Hall–Kier alpha value is -0.820. The van der Waals surface area contributed by atoms with Gasteiger partial charge in [-0.25, -0.2) is 0 Å². The number of allylic oxidation sites excluding steroid dienone is 2. The van der Waals surface area contributed by atoms with Gasteiger partial charge in [0.15, 0.2) is 0 Å². The van der Waals surface area contributed by atoms with Crippen LogP contribution >= 0.6 is 0 Å². The number of carbonyl (C=O) groups is 2. The molecule has 0 aromatic heterocycles. The predicted octanol–water partition coefficient (Wildman–Crippen LogP) is 6.53. The van der Waals surface area contributed by atoms with Gasteiger partial charge in [0.1, 0.15) is 0 Å². The Morgan fingerprint density at radius 1 is 0.574 bits per heavy atom. The fourth-order valence-electron chi connectivity index (χ4n) is 5.46. The van der Waals surface area contributed by atoms with Crippen LogP contribution in [0, 0.1) is 10.8 Å². The molecule has 320 valence electrons. The molecule has 0 aliphatic heterocycles. The van der Waals surface area contributed by atoms with E-state index in [1.54, 1.807) is 13.8 Å². The minimum absolute atomic E-state index is 0. The zero-order chi connectivity index (χ0) is 39.6. The van der Waals surface area contributed by atoms with Gasteiger partial charge >= 0.3 is 41.5 Å². The van der Waals surface area contributed by atoms with Crippen LogP contribution in [0.2, 0.25) is 0 Å². The molecule has 4 atom stereocenters. The van der Waals surface area contributed by atoms with Crippen molar-refractivity contribution in [1.29, 1.82) is 0 Å². The maximum absolute atomic E-state index is 11.6. The van der Waals surface area contributed by atoms with E-state index in [9.17, 15) is 30.0 Å². The minimum atomic E-state index is -0.721. The molecular formula is C43H87NaO10. The summed E-state index contributed by atoms with van der Waals surface area (Å²) in [7, 11) is 2.44. The molecule has 0 aromatic carbocycles. The largest absolute Gasteiger partial charge is 1.00 e. The van der Waals surface area contributed by atoms with E-state index >= 15 is 0 Å². The van der Waals surface area contributed by atoms with Gasteiger partial charge in [0, 0.05) is 7.11 Å². The van der Waals surface area contributed by atoms with E-state index in [4.69, 9.17) is 14.9 Å². The molecule has 0 heterocycles. The number of aliphatic carboxylic acids is 1. The monoisotopic (exact) mass is 787 g/mol. The van der Waals surface area contributed by atoms with Crippen LogP contribution in [0.4, 0.5) is 0 Å². The first-order chi connectivity index (χ1) is 24.2. The number of ether oxygens (including phenoxy) is 1. The zero-order valence-electron chi connectivity index (χ0n) is 35.5. The molecule has 0 aliphatic rings. The van der Waals surface area contributed by atoms with E-state index in [-0.39, 0.29) is 53.8 Å². The van der Waals surface area contributed by atoms with Gasteiger partial charge in [-0.15, -0.1) is 0 Å². The van der Waals surface area contributed by atoms with Crippen molar-refractivity contribution in [2.45, 2.75) is 215 Å². The Kier molecular flexibility index (Phi) is 52.2. The Labute approximate surface area is 354 Å². The Morgan fingerprint density at radius 2 is 0.926 bits per heavy atom. The molecular weight excluding hydrogens is 699 g/mol. The standard InChI is InChI=1S/C21H40O4.C20H38O4.CH4O.CH4.Na.H2O/c1-5-6-12-15-18(22)19(23)16-13-10-8-7-9-11-14-17-21(2,3)20(24)25-4;1-4-5-11-14-17(21)18(22)15-12-9-7-6-8-10-13-16-20(2,3)19(23)24;1-2;;;/h10,13,18-19,22-23H,5-9,11-12,14-17H2,1-4H3;9,12,17-18,21-22H,4-8,10-11,13-16H2,1-3H3,(H,23,24);2H,1H3;1H4;;1H2/q;;;;+1;/p-1/b13-10-;12-9-;;;;. The second-order valence-corrected chi connectivity index (χ2v) is 15.1. The fourth-order valence-corrected chi connectivity index (χ4v) is 5.46. The number of aliphatic hydroxyl groups excluding tert-OH is 5. The predicted molar refractivity (Wildman–Crippen MR) is 219 cm³/mol. The maximum atomic E-state index is 11.6. The number of aliphatic hydroxyl groups is 5. The van der Waals surface area contributed by atoms with Gasteiger partial charge in [-0.2, -0.15) is 0 Å². The Balaban J connectivity index is -0.000000194. The molecule has 11 heteroatoms. The number of hydrogen-bond acceptors (Lipinski definition) is 9. The first kappa shape index (κ1) is 65.0. The summed E-state index contributed by atoms with van der Waals surface area (Å²) >= 11 is 0. The Morgan fingerprint density at radius 3 is 1.26 bits per heavy atom. The van der Waals surface area contributed by atoms with Crippen LogP contribution in [0.15, 0.2) is 24.3 Å². The molecule has 0 saturated carbocycles. The summed E-state index contributed by atoms with van der Waals surface area (Å²) in [4.78, 5) is 22.6. The van der Waals surface area contributed by atoms with Gasteiger partial charge in [-0.05, 0) is 91.9 Å². The van der Waals surface area contributed by atoms with Gasteiger partial charge in [-0.1, -0.05) is 123 Å². The third-order valence-corrected chi connectivity index (χ3v) is 9.35. The number of esters is 1. The number of unbranched alkanes of at least 4 members (excludes halogenated alkanes) is 12. The molecule has 54 heavy (non-hydrogen) atoms. The molecule has 4 unspecified atom stereocenters. The van der Waals surface area contributed by atoms with Crippen LogP contribution in [-0.4, -0.2) is 86.7 Å². The van der Waals surface area contributed by atoms with Crippen molar-refractivity contribution in [1.82, 2.24) is 0 Å². The number of methoxy groups -OCH3 is 1. The van der Waals surface area contributed by atoms with Crippen molar-refractivity contribution in [2.75, 3.05) is 14.2 Å². The van der Waals surface area contributed by atoms with Crippen LogP contribution in [-0.2, 0) is 14.3 Å². The van der Waals surface area contributed by atoms with Crippen molar-refractivity contribution in [2.24, 2.45) is 10.8 Å². The van der Waals surface area contributed by atoms with E-state index < -0.39 is 35.8 Å². The van der Waals surface area contributed by atoms with Crippen LogP contribution in [0.3, 0.4) is 0 Å². The van der Waals surface area contributed by atoms with Gasteiger partial charge in [0.2, 0.25) is 0 Å². The average molecular weight is 787 g/mol. The molecule has 0 rings (SSSR count). The molecule has 0 bridgehead atoms. The van der Waals surface area contributed by atoms with Crippen molar-refractivity contribution in [3.8, 4) is 0 Å². The van der Waals surface area contributed by atoms with Crippen molar-refractivity contribution in [3.63, 3.8) is 0 Å². The number of hydrogen-bond donors (Lipinski definition) is 6. The van der Waals surface area contributed by atoms with Gasteiger partial charge in [0.05, 0.1) is 42.4 Å². The first-order valence-electron chi connectivity index (χ1n) is 19.9. The Bertz CT molecular complexity index is 863. The maximum Gasteiger partial charge on any atom is 1.00 e. The SMILES string of the molecule is C.CCCCCC(O)C(O)C/C=C\CCCCCCC(C)(C)C(=O)O.CCCCCC(O)C(O)C/C=C\CCCCCCC(C)(C)C(=O)OC.CO.[Na+].[OH-]. The summed E-state index contributed by atoms with van der Waals surface area (Å²) in [5, 5.41) is 55.5. The summed E-state index contributed by atoms with van der Waals surface area (Å²) in [6.07, 6.45) is 26.6. The van der Waals surface area contributed by atoms with Crippen molar-refractivity contribution < 1.29 is 80.0 Å². The van der Waals surface area contributed by atoms with Gasteiger partial charge in [-0.3, -0.25) is 9.59 Å². The van der Waals surface area contributed by atoms with Crippen LogP contribution in [0.5, 0.6) is 0 Å². The molecule has 0 amide bonds. The zero-order valence-corrected chi connectivity index (χ0v) is 37.5. The quantitative estimate of drug-likeness (QED) is 0.0202. The number of carboxylic acids is 1. The molecule has 0 aromatic rings. The number of carbonyl (C=O) groups excluding carboxylic acids is 1. The van der Waals surface area contributed by atoms with Crippen molar-refractivity contribution in [3.05, 3.63) is 24.3 Å². The first-order valence-corrected chi connectivity index (χ1v) is 19.9. The van der Waals surface area contributed by atoms with E-state index in [1.165, 1.54) is 7.11 Å². The van der Waals surface area contributed by atoms with Crippen molar-refractivity contribution >= 4 is 11.9 Å². The summed E-state index contributed by atoms with van der Waals surface area (Å²) in [5.41, 5.74) is -1.00. The summed E-state index contributed by atoms with van der Waals surface area (Å²) in [6.45, 7) is 11.7. The summed E-state index contributed by atoms with van der Waals surface area (Å²) in [5.74, 6) is -0.855. The van der Waals surface area contributed by atoms with Gasteiger partial charge in [0.25, 0.3) is 0 Å². The third-order valence-electron chi connectivity index (χ3n) is 9.35. The number of carboxylic acid groups (broad SMARTS) is 1. The smallest absolute Gasteiger partial charge is 0.870 e. The van der Waals surface area contributed by atoms with Crippen LogP contribution in [0.25, 0.3) is 0 Å². The normalized spacial score (nSPS) is 13.5. The molecule has 7 N–H and O–H groups in total. The molecule has 10 nitrogen and oxygen atoms in total. The van der Waals surface area contributed by atoms with Gasteiger partial charge < -0.3 is 40.9 Å². The summed E-state index contributed by atoms with van der Waals surface area (Å²) < 4.78 is 4.81. The molecule has 0 aliphatic carbocycles. The third kappa shape index (κ3) is 39.4. The van der Waals surface area contributed by atoms with E-state index in [0.29, 0.717) is 25.7 Å². The second kappa shape index (κ2) is 43.3. The number of rotatable bonds is 30. The van der Waals surface area contributed by atoms with E-state index in [1.807, 2.05) is 26.0 Å². The minimum Gasteiger partial charge on any atom is -0.870 e. The van der Waals surface area contributed by atoms with Crippen LogP contribution in [0.1, 0.15) is 190 Å². The topological polar surface area (TPSA) is 195 Å². The fraction of sp³-hybridized carbons (Fsp3) is 0.860. The summed E-state index contributed by atoms with van der Waals surface area (Å²) in [6, 6.07) is 0. The molecule has 0 radical (unpaired) electrons. The molecule has 0 saturated heterocycles. The molecule has 0 spiro atoms.